The van der Waals surface area contributed by atoms with E-state index in [4.69, 9.17) is 5.73 Å². The lowest BCUT2D eigenvalue weighted by Crippen LogP contribution is -2.13. The van der Waals surface area contributed by atoms with Gasteiger partial charge in [0, 0.05) is 11.4 Å². The average molecular weight is 323 g/mol. The van der Waals surface area contributed by atoms with Crippen molar-refractivity contribution in [2.45, 2.75) is 6.92 Å². The largest absolute Gasteiger partial charge is 0.398 e. The Hall–Kier alpha value is -1.88. The molecule has 0 fully saturated rings. The zero-order valence-corrected chi connectivity index (χ0v) is 11.8. The summed E-state index contributed by atoms with van der Waals surface area (Å²) in [4.78, 5) is 12.1. The number of carbonyl (C=O) groups excluding carboxylic acids is 1. The van der Waals surface area contributed by atoms with Crippen LogP contribution >= 0.6 is 15.9 Å². The zero-order chi connectivity index (χ0) is 14.0. The van der Waals surface area contributed by atoms with Gasteiger partial charge in [0.15, 0.2) is 0 Å². The molecule has 2 aromatic carbocycles. The molecule has 0 saturated heterocycles. The second-order valence-electron chi connectivity index (χ2n) is 4.13. The minimum absolute atomic E-state index is 0.345. The molecule has 0 aliphatic carbocycles. The van der Waals surface area contributed by atoms with Crippen LogP contribution in [0.1, 0.15) is 15.9 Å². The molecule has 0 aliphatic rings. The second-order valence-corrected chi connectivity index (χ2v) is 4.92. The van der Waals surface area contributed by atoms with Gasteiger partial charge in [-0.3, -0.25) is 4.79 Å². The molecule has 19 heavy (non-hydrogen) atoms. The topological polar surface area (TPSA) is 55.1 Å². The highest BCUT2D eigenvalue weighted by molar-refractivity contribution is 9.10. The molecule has 0 heterocycles. The van der Waals surface area contributed by atoms with Gasteiger partial charge < -0.3 is 11.1 Å². The number of aryl methyl sites for hydroxylation is 1. The molecule has 0 aliphatic heterocycles. The summed E-state index contributed by atoms with van der Waals surface area (Å²) in [7, 11) is 0. The normalized spacial score (nSPS) is 10.3. The fourth-order valence-electron chi connectivity index (χ4n) is 1.59. The standard InChI is InChI=1S/C14H12BrFN2O/c1-8-5-6-9(7-11(8)16)18-14(19)10-3-2-4-12(17)13(10)15/h2-7H,17H2,1H3,(H,18,19). The molecule has 0 bridgehead atoms. The lowest BCUT2D eigenvalue weighted by molar-refractivity contribution is 0.102. The van der Waals surface area contributed by atoms with E-state index in [1.165, 1.54) is 6.07 Å². The van der Waals surface area contributed by atoms with Crippen molar-refractivity contribution in [3.8, 4) is 0 Å². The maximum absolute atomic E-state index is 13.4. The van der Waals surface area contributed by atoms with Crippen molar-refractivity contribution in [2.24, 2.45) is 0 Å². The van der Waals surface area contributed by atoms with Crippen LogP contribution in [-0.2, 0) is 0 Å². The number of anilines is 2. The van der Waals surface area contributed by atoms with Crippen LogP contribution in [-0.4, -0.2) is 5.91 Å². The maximum atomic E-state index is 13.4. The average Bonchev–Trinajstić information content (AvgIpc) is 2.37. The van der Waals surface area contributed by atoms with E-state index in [0.29, 0.717) is 27.0 Å². The molecular weight excluding hydrogens is 311 g/mol. The van der Waals surface area contributed by atoms with Crippen LogP contribution in [0.3, 0.4) is 0 Å². The van der Waals surface area contributed by atoms with E-state index in [9.17, 15) is 9.18 Å². The van der Waals surface area contributed by atoms with Crippen LogP contribution in [0.15, 0.2) is 40.9 Å². The Labute approximate surface area is 118 Å². The Morgan fingerprint density at radius 3 is 2.74 bits per heavy atom. The third-order valence-electron chi connectivity index (χ3n) is 2.70. The molecule has 3 N–H and O–H groups in total. The summed E-state index contributed by atoms with van der Waals surface area (Å²) in [6.45, 7) is 1.66. The molecule has 2 aromatic rings. The van der Waals surface area contributed by atoms with Gasteiger partial charge in [0.1, 0.15) is 5.82 Å². The number of nitrogens with two attached hydrogens (primary N) is 1. The summed E-state index contributed by atoms with van der Waals surface area (Å²) >= 11 is 3.26. The fourth-order valence-corrected chi connectivity index (χ4v) is 2.04. The first-order valence-corrected chi connectivity index (χ1v) is 6.40. The lowest BCUT2D eigenvalue weighted by Gasteiger charge is -2.09. The Morgan fingerprint density at radius 1 is 1.32 bits per heavy atom. The molecule has 0 unspecified atom stereocenters. The van der Waals surface area contributed by atoms with Gasteiger partial charge in [-0.15, -0.1) is 0 Å². The summed E-state index contributed by atoms with van der Waals surface area (Å²) in [5.41, 5.74) is 7.52. The third kappa shape index (κ3) is 2.93. The van der Waals surface area contributed by atoms with E-state index < -0.39 is 0 Å². The van der Waals surface area contributed by atoms with Crippen molar-refractivity contribution in [2.75, 3.05) is 11.1 Å². The van der Waals surface area contributed by atoms with Gasteiger partial charge in [-0.25, -0.2) is 4.39 Å². The van der Waals surface area contributed by atoms with Crippen molar-refractivity contribution in [1.29, 1.82) is 0 Å². The predicted octanol–water partition coefficient (Wildman–Crippen LogP) is 3.73. The number of rotatable bonds is 2. The first-order valence-electron chi connectivity index (χ1n) is 5.60. The number of hydrogen-bond donors (Lipinski definition) is 2. The molecule has 5 heteroatoms. The van der Waals surface area contributed by atoms with Gasteiger partial charge in [-0.2, -0.15) is 0 Å². The molecule has 0 atom stereocenters. The summed E-state index contributed by atoms with van der Waals surface area (Å²) in [6.07, 6.45) is 0. The summed E-state index contributed by atoms with van der Waals surface area (Å²) in [6, 6.07) is 9.56. The van der Waals surface area contributed by atoms with Gasteiger partial charge >= 0.3 is 0 Å². The van der Waals surface area contributed by atoms with Crippen molar-refractivity contribution in [3.63, 3.8) is 0 Å². The molecule has 2 rings (SSSR count). The van der Waals surface area contributed by atoms with Crippen LogP contribution in [0.4, 0.5) is 15.8 Å². The van der Waals surface area contributed by atoms with Crippen molar-refractivity contribution < 1.29 is 9.18 Å². The molecule has 98 valence electrons. The van der Waals surface area contributed by atoms with Crippen LogP contribution in [0.2, 0.25) is 0 Å². The lowest BCUT2D eigenvalue weighted by atomic mass is 10.1. The monoisotopic (exact) mass is 322 g/mol. The number of hydrogen-bond acceptors (Lipinski definition) is 2. The first kappa shape index (κ1) is 13.5. The minimum Gasteiger partial charge on any atom is -0.398 e. The van der Waals surface area contributed by atoms with E-state index in [2.05, 4.69) is 21.2 Å². The van der Waals surface area contributed by atoms with Crippen LogP contribution in [0, 0.1) is 12.7 Å². The first-order chi connectivity index (χ1) is 8.99. The molecule has 3 nitrogen and oxygen atoms in total. The summed E-state index contributed by atoms with van der Waals surface area (Å²) < 4.78 is 13.9. The molecular formula is C14H12BrFN2O. The zero-order valence-electron chi connectivity index (χ0n) is 10.2. The van der Waals surface area contributed by atoms with Crippen molar-refractivity contribution in [1.82, 2.24) is 0 Å². The predicted molar refractivity (Wildman–Crippen MR) is 77.6 cm³/mol. The molecule has 1 amide bonds. The smallest absolute Gasteiger partial charge is 0.256 e. The minimum atomic E-state index is -0.357. The molecule has 0 saturated carbocycles. The van der Waals surface area contributed by atoms with Gasteiger partial charge in [-0.05, 0) is 52.7 Å². The quantitative estimate of drug-likeness (QED) is 0.828. The number of nitrogen functional groups attached to an aromatic ring is 1. The Bertz CT molecular complexity index is 643. The number of halogens is 2. The van der Waals surface area contributed by atoms with Crippen LogP contribution in [0.5, 0.6) is 0 Å². The summed E-state index contributed by atoms with van der Waals surface area (Å²) in [5, 5.41) is 2.63. The fraction of sp³-hybridized carbons (Fsp3) is 0.0714. The number of amides is 1. The third-order valence-corrected chi connectivity index (χ3v) is 3.59. The van der Waals surface area contributed by atoms with Gasteiger partial charge in [0.25, 0.3) is 5.91 Å². The van der Waals surface area contributed by atoms with E-state index in [1.54, 1.807) is 37.3 Å². The Kier molecular flexibility index (Phi) is 3.85. The van der Waals surface area contributed by atoms with Crippen LogP contribution < -0.4 is 11.1 Å². The second kappa shape index (κ2) is 5.40. The van der Waals surface area contributed by atoms with Gasteiger partial charge in [0.05, 0.1) is 10.0 Å². The van der Waals surface area contributed by atoms with E-state index in [0.717, 1.165) is 0 Å². The van der Waals surface area contributed by atoms with Crippen molar-refractivity contribution in [3.05, 3.63) is 57.8 Å². The van der Waals surface area contributed by atoms with E-state index >= 15 is 0 Å². The Balaban J connectivity index is 2.26. The van der Waals surface area contributed by atoms with Gasteiger partial charge in [0.2, 0.25) is 0 Å². The van der Waals surface area contributed by atoms with E-state index in [-0.39, 0.29) is 11.7 Å². The SMILES string of the molecule is Cc1ccc(NC(=O)c2cccc(N)c2Br)cc1F. The molecule has 0 aromatic heterocycles. The highest BCUT2D eigenvalue weighted by atomic mass is 79.9. The van der Waals surface area contributed by atoms with E-state index in [1.807, 2.05) is 0 Å². The number of nitrogens with one attached hydrogen (secondary N) is 1. The van der Waals surface area contributed by atoms with Gasteiger partial charge in [-0.1, -0.05) is 12.1 Å². The molecule has 0 radical (unpaired) electrons. The summed E-state index contributed by atoms with van der Waals surface area (Å²) in [5.74, 6) is -0.702. The maximum Gasteiger partial charge on any atom is 0.256 e. The molecule has 0 spiro atoms. The number of benzene rings is 2. The number of carbonyl (C=O) groups is 1. The Morgan fingerprint density at radius 2 is 2.05 bits per heavy atom. The van der Waals surface area contributed by atoms with Crippen molar-refractivity contribution >= 4 is 33.2 Å². The van der Waals surface area contributed by atoms with Crippen LogP contribution in [0.25, 0.3) is 0 Å². The highest BCUT2D eigenvalue weighted by Gasteiger charge is 2.12. The highest BCUT2D eigenvalue weighted by Crippen LogP contribution is 2.24.